The molecule has 11 aliphatic rings. The fourth-order valence-corrected chi connectivity index (χ4v) is 15.2. The summed E-state index contributed by atoms with van der Waals surface area (Å²) in [6.07, 6.45) is 63.1. The minimum absolute atomic E-state index is 0.112. The topological polar surface area (TPSA) is 195 Å². The van der Waals surface area contributed by atoms with Crippen LogP contribution in [-0.4, -0.2) is 85.2 Å². The lowest BCUT2D eigenvalue weighted by Gasteiger charge is -2.16. The number of quaternary nitrogens is 1. The van der Waals surface area contributed by atoms with Gasteiger partial charge in [0.1, 0.15) is 45.2 Å². The van der Waals surface area contributed by atoms with Gasteiger partial charge in [-0.15, -0.1) is 0 Å². The standard InChI is InChI=1S/C93H74N16O2/c1-104-46-34-58(35-47-104)86-68-18-22-72(94-68)88(60-38-50-106(3)51-39-60)76-26-30-80(98-76)92(81-31-27-77(99-81)89(73-23-19-69(86)95-73)61-40-52-107(4)53-41-61)64-12-7-9-14-66(64)102-84(110)16-11-17-85(111)103-67-15-10-8-13-65(67)93-82-32-28-78(100-82)90(62-42-54-108(5)55-43-62)74-24-20-70(96-74)87(59-36-48-105(2)49-37-59)71-21-25-75(97-71)91(79-29-33-83(93)101-79)63-44-56-109(6)57-45-63/h7-10,12-15,18-57H,11,16-17H2,1-6H3,(H2-2,94,95,96,97,98,99,100,101,102,103,110,111)/q+2/p+4. The Morgan fingerprint density at radius 1 is 0.387 bits per heavy atom. The molecule has 0 aliphatic carbocycles. The molecular formula is C93H78N16O2+6. The van der Waals surface area contributed by atoms with E-state index in [1.807, 2.05) is 157 Å². The summed E-state index contributed by atoms with van der Waals surface area (Å²) in [4.78, 5) is 49.5. The van der Waals surface area contributed by atoms with Gasteiger partial charge in [0.15, 0.2) is 61.4 Å². The van der Waals surface area contributed by atoms with Crippen molar-refractivity contribution in [3.63, 3.8) is 0 Å². The molecule has 7 aromatic rings. The van der Waals surface area contributed by atoms with Crippen molar-refractivity contribution < 1.29 is 38.8 Å². The molecule has 6 N–H and O–H groups in total. The van der Waals surface area contributed by atoms with Gasteiger partial charge in [0.2, 0.25) is 11.4 Å². The lowest BCUT2D eigenvalue weighted by molar-refractivity contribution is -0.671. The zero-order valence-electron chi connectivity index (χ0n) is 62.1. The first-order valence-electron chi connectivity index (χ1n) is 37.0. The SMILES string of the molecule is CN1C=CC(=C2C3=CC=C([NH2+]3)C(c3cc[n+](C)cc3)=C3C=CC(=[NH+]3)C(c3cc[n+](C)cc3)=C3C=CC(=N3)C(c3ccccc3N=C(O)CCCC(O)=Nc3ccccc3C3=C4C=CC(=N4)C(c4cc[n+](C)cc4)=C4C=CC(=N4)C(=C4C=CN(C)C=C4)c4ccc([nH]4)C(c4cc[n+](C)cc4)=C4C=CC3=N4)=C3C=CC2=N3)C=C1. The number of aliphatic hydroxyl groups is 2. The molecule has 5 aromatic heterocycles. The number of fused-ring (bicyclic) bond motifs is 10. The van der Waals surface area contributed by atoms with E-state index in [4.69, 9.17) is 34.9 Å². The van der Waals surface area contributed by atoms with E-state index >= 15 is 0 Å². The highest BCUT2D eigenvalue weighted by molar-refractivity contribution is 6.39. The van der Waals surface area contributed by atoms with E-state index in [0.29, 0.717) is 46.2 Å². The molecule has 111 heavy (non-hydrogen) atoms. The molecule has 0 spiro atoms. The van der Waals surface area contributed by atoms with Crippen molar-refractivity contribution in [3.8, 4) is 0 Å². The van der Waals surface area contributed by atoms with E-state index in [0.717, 1.165) is 152 Å². The van der Waals surface area contributed by atoms with Crippen LogP contribution in [0, 0.1) is 0 Å². The van der Waals surface area contributed by atoms with Gasteiger partial charge in [-0.25, -0.2) is 58.2 Å². The molecule has 536 valence electrons. The van der Waals surface area contributed by atoms with E-state index < -0.39 is 0 Å². The lowest BCUT2D eigenvalue weighted by Crippen LogP contribution is -2.80. The number of aryl methyl sites for hydroxylation is 4. The van der Waals surface area contributed by atoms with E-state index in [2.05, 4.69) is 221 Å². The molecule has 0 unspecified atom stereocenters. The predicted molar refractivity (Wildman–Crippen MR) is 440 cm³/mol. The van der Waals surface area contributed by atoms with E-state index in [9.17, 15) is 10.2 Å². The number of aromatic nitrogens is 5. The first kappa shape index (κ1) is 68.5. The number of hydrogen-bond donors (Lipinski definition) is 5. The van der Waals surface area contributed by atoms with Crippen LogP contribution in [-0.2, 0) is 28.2 Å². The Balaban J connectivity index is 0.705. The Hall–Kier alpha value is -14.4. The van der Waals surface area contributed by atoms with Crippen LogP contribution in [0.4, 0.5) is 11.4 Å². The van der Waals surface area contributed by atoms with Gasteiger partial charge in [-0.3, -0.25) is 5.32 Å². The van der Waals surface area contributed by atoms with Gasteiger partial charge < -0.3 is 25.0 Å². The molecule has 2 aromatic carbocycles. The highest BCUT2D eigenvalue weighted by Gasteiger charge is 2.36. The Morgan fingerprint density at radius 3 is 1.23 bits per heavy atom. The molecule has 0 saturated carbocycles. The third-order valence-electron chi connectivity index (χ3n) is 20.8. The van der Waals surface area contributed by atoms with Crippen molar-refractivity contribution in [1.82, 2.24) is 14.8 Å². The lowest BCUT2D eigenvalue weighted by atomic mass is 9.97. The molecule has 18 nitrogen and oxygen atoms in total. The number of nitrogens with zero attached hydrogens (tertiary/aromatic N) is 13. The quantitative estimate of drug-likeness (QED) is 0.0462. The largest absolute Gasteiger partial charge is 0.496 e. The summed E-state index contributed by atoms with van der Waals surface area (Å²) in [6.45, 7) is 0. The second kappa shape index (κ2) is 28.7. The fourth-order valence-electron chi connectivity index (χ4n) is 15.2. The van der Waals surface area contributed by atoms with Crippen molar-refractivity contribution in [2.75, 3.05) is 14.1 Å². The normalized spacial score (nSPS) is 18.4. The summed E-state index contributed by atoms with van der Waals surface area (Å²) < 4.78 is 8.11. The Morgan fingerprint density at radius 2 is 0.748 bits per heavy atom. The average Bonchev–Trinajstić information content (AvgIpc) is 1.62. The second-order valence-corrected chi connectivity index (χ2v) is 28.5. The number of allylic oxidation sites excluding steroid dienone is 27. The molecule has 16 heterocycles. The summed E-state index contributed by atoms with van der Waals surface area (Å²) in [5.74, 6) is -0.227. The van der Waals surface area contributed by atoms with Crippen LogP contribution in [0.1, 0.15) is 64.0 Å². The van der Waals surface area contributed by atoms with Crippen LogP contribution in [0.25, 0.3) is 39.0 Å². The van der Waals surface area contributed by atoms with Crippen LogP contribution in [0.5, 0.6) is 0 Å². The van der Waals surface area contributed by atoms with Gasteiger partial charge in [0, 0.05) is 186 Å². The zero-order chi connectivity index (χ0) is 75.4. The van der Waals surface area contributed by atoms with Crippen molar-refractivity contribution >= 4 is 96.5 Å². The number of para-hydroxylation sites is 2. The zero-order valence-corrected chi connectivity index (χ0v) is 62.1. The van der Waals surface area contributed by atoms with E-state index in [1.54, 1.807) is 0 Å². The third kappa shape index (κ3) is 13.5. The molecule has 11 aliphatic heterocycles. The Kier molecular flexibility index (Phi) is 17.7. The molecule has 0 atom stereocenters. The first-order chi connectivity index (χ1) is 54.2. The maximum atomic E-state index is 12.1. The van der Waals surface area contributed by atoms with Gasteiger partial charge in [-0.1, -0.05) is 36.4 Å². The third-order valence-corrected chi connectivity index (χ3v) is 20.8. The molecule has 16 bridgehead atoms. The first-order valence-corrected chi connectivity index (χ1v) is 37.0. The van der Waals surface area contributed by atoms with Crippen molar-refractivity contribution in [2.45, 2.75) is 19.3 Å². The van der Waals surface area contributed by atoms with E-state index in [-0.39, 0.29) is 24.6 Å². The maximum absolute atomic E-state index is 12.1. The van der Waals surface area contributed by atoms with Crippen molar-refractivity contribution in [2.24, 2.45) is 63.1 Å². The summed E-state index contributed by atoms with van der Waals surface area (Å²) >= 11 is 0. The number of nitrogens with two attached hydrogens (primary N) is 1. The van der Waals surface area contributed by atoms with Crippen molar-refractivity contribution in [3.05, 3.63) is 400 Å². The minimum Gasteiger partial charge on any atom is -0.496 e. The molecule has 0 amide bonds. The summed E-state index contributed by atoms with van der Waals surface area (Å²) in [7, 11) is 12.1. The summed E-state index contributed by atoms with van der Waals surface area (Å²) in [6, 6.07) is 36.8. The molecule has 18 rings (SSSR count). The maximum Gasteiger partial charge on any atom is 0.218 e. The average molecular weight is 1450 g/mol. The number of rotatable bonds is 12. The van der Waals surface area contributed by atoms with Gasteiger partial charge in [0.25, 0.3) is 0 Å². The van der Waals surface area contributed by atoms with Gasteiger partial charge in [0.05, 0.1) is 79.6 Å². The number of aromatic amines is 1. The number of aliphatic hydroxyl groups excluding tert-OH is 2. The van der Waals surface area contributed by atoms with Crippen LogP contribution >= 0.6 is 0 Å². The Bertz CT molecular complexity index is 6170. The van der Waals surface area contributed by atoms with Crippen LogP contribution < -0.4 is 28.6 Å². The van der Waals surface area contributed by atoms with Gasteiger partial charge in [-0.05, 0) is 138 Å². The Labute approximate surface area is 642 Å². The number of nitrogens with one attached hydrogen (secondary N) is 2. The number of aliphatic imine (C=N–C) groups is 7. The fraction of sp³-hybridized carbons (Fsp3) is 0.0968. The predicted octanol–water partition coefficient (Wildman–Crippen LogP) is 12.0. The monoisotopic (exact) mass is 1450 g/mol. The smallest absolute Gasteiger partial charge is 0.218 e. The van der Waals surface area contributed by atoms with Crippen LogP contribution in [0.15, 0.2) is 390 Å². The van der Waals surface area contributed by atoms with E-state index in [1.165, 1.54) is 0 Å². The molecular weight excluding hydrogens is 1370 g/mol. The van der Waals surface area contributed by atoms with Crippen LogP contribution in [0.2, 0.25) is 0 Å². The summed E-state index contributed by atoms with van der Waals surface area (Å²) in [5, 5.41) is 26.5. The number of benzene rings is 2. The highest BCUT2D eigenvalue weighted by atomic mass is 16.3. The number of pyridine rings is 4. The molecule has 18 heteroatoms. The van der Waals surface area contributed by atoms with Crippen LogP contribution in [0.3, 0.4) is 0 Å². The second-order valence-electron chi connectivity index (χ2n) is 28.5. The summed E-state index contributed by atoms with van der Waals surface area (Å²) in [5.41, 5.74) is 28.6. The molecule has 0 radical (unpaired) electrons. The number of hydrogen-bond acceptors (Lipinski definition) is 9. The minimum atomic E-state index is -0.116. The van der Waals surface area contributed by atoms with Crippen molar-refractivity contribution in [1.29, 1.82) is 0 Å². The highest BCUT2D eigenvalue weighted by Crippen LogP contribution is 2.43. The molecule has 0 fully saturated rings. The molecule has 0 saturated heterocycles. The van der Waals surface area contributed by atoms with Gasteiger partial charge >= 0.3 is 0 Å². The van der Waals surface area contributed by atoms with Gasteiger partial charge in [-0.2, -0.15) is 0 Å². The number of H-pyrrole nitrogens is 1.